The summed E-state index contributed by atoms with van der Waals surface area (Å²) in [6.07, 6.45) is 1.08. The van der Waals surface area contributed by atoms with Crippen molar-refractivity contribution in [2.75, 3.05) is 19.4 Å². The zero-order valence-corrected chi connectivity index (χ0v) is 10.7. The van der Waals surface area contributed by atoms with E-state index in [0.717, 1.165) is 0 Å². The highest BCUT2D eigenvalue weighted by Gasteiger charge is 2.21. The van der Waals surface area contributed by atoms with E-state index in [2.05, 4.69) is 10.6 Å². The molecule has 1 saturated heterocycles. The van der Waals surface area contributed by atoms with E-state index >= 15 is 0 Å². The van der Waals surface area contributed by atoms with Crippen molar-refractivity contribution in [3.63, 3.8) is 0 Å². The third-order valence-corrected chi connectivity index (χ3v) is 3.07. The summed E-state index contributed by atoms with van der Waals surface area (Å²) in [5.74, 6) is 0.242. The van der Waals surface area contributed by atoms with Crippen LogP contribution in [0.5, 0.6) is 5.75 Å². The van der Waals surface area contributed by atoms with Crippen LogP contribution in [0.25, 0.3) is 0 Å². The normalized spacial score (nSPS) is 18.6. The number of benzene rings is 1. The van der Waals surface area contributed by atoms with Gasteiger partial charge in [0.05, 0.1) is 12.7 Å². The number of anilines is 1. The summed E-state index contributed by atoms with van der Waals surface area (Å²) in [5.41, 5.74) is 6.62. The second-order valence-electron chi connectivity index (χ2n) is 4.47. The molecule has 6 nitrogen and oxygen atoms in total. The van der Waals surface area contributed by atoms with Crippen LogP contribution in [0.15, 0.2) is 18.2 Å². The first-order chi connectivity index (χ1) is 9.10. The first-order valence-electron chi connectivity index (χ1n) is 6.11. The summed E-state index contributed by atoms with van der Waals surface area (Å²) < 4.78 is 5.14. The second kappa shape index (κ2) is 5.60. The summed E-state index contributed by atoms with van der Waals surface area (Å²) in [6, 6.07) is 4.84. The zero-order valence-electron chi connectivity index (χ0n) is 10.7. The molecular weight excluding hydrogens is 246 g/mol. The summed E-state index contributed by atoms with van der Waals surface area (Å²) >= 11 is 0. The van der Waals surface area contributed by atoms with Crippen LogP contribution in [0.4, 0.5) is 5.69 Å². The SMILES string of the molecule is COc1cc(N)ccc1C(=O)NC1CCC(=O)NC1. The highest BCUT2D eigenvalue weighted by atomic mass is 16.5. The number of amides is 2. The van der Waals surface area contributed by atoms with Crippen molar-refractivity contribution in [3.05, 3.63) is 23.8 Å². The Morgan fingerprint density at radius 1 is 1.53 bits per heavy atom. The average Bonchev–Trinajstić information content (AvgIpc) is 2.41. The number of carbonyl (C=O) groups excluding carboxylic acids is 2. The molecule has 6 heteroatoms. The standard InChI is InChI=1S/C13H17N3O3/c1-19-11-6-8(14)2-4-10(11)13(18)16-9-3-5-12(17)15-7-9/h2,4,6,9H,3,5,7,14H2,1H3,(H,15,17)(H,16,18). The quantitative estimate of drug-likeness (QED) is 0.683. The molecular formula is C13H17N3O3. The minimum Gasteiger partial charge on any atom is -0.496 e. The van der Waals surface area contributed by atoms with E-state index in [-0.39, 0.29) is 17.9 Å². The van der Waals surface area contributed by atoms with Crippen LogP contribution in [-0.4, -0.2) is 31.5 Å². The van der Waals surface area contributed by atoms with Gasteiger partial charge >= 0.3 is 0 Å². The molecule has 1 aliphatic heterocycles. The smallest absolute Gasteiger partial charge is 0.255 e. The molecule has 0 aromatic heterocycles. The Labute approximate surface area is 111 Å². The van der Waals surface area contributed by atoms with Crippen LogP contribution < -0.4 is 21.1 Å². The number of nitrogens with two attached hydrogens (primary N) is 1. The van der Waals surface area contributed by atoms with E-state index in [0.29, 0.717) is 36.4 Å². The molecule has 0 spiro atoms. The molecule has 0 radical (unpaired) electrons. The largest absolute Gasteiger partial charge is 0.496 e. The summed E-state index contributed by atoms with van der Waals surface area (Å²) in [5, 5.41) is 5.60. The number of methoxy groups -OCH3 is 1. The maximum Gasteiger partial charge on any atom is 0.255 e. The Hall–Kier alpha value is -2.24. The minimum atomic E-state index is -0.224. The van der Waals surface area contributed by atoms with Crippen LogP contribution in [0.3, 0.4) is 0 Å². The van der Waals surface area contributed by atoms with Crippen molar-refractivity contribution in [2.45, 2.75) is 18.9 Å². The number of rotatable bonds is 3. The number of nitrogen functional groups attached to an aromatic ring is 1. The molecule has 0 aliphatic carbocycles. The van der Waals surface area contributed by atoms with Crippen molar-refractivity contribution >= 4 is 17.5 Å². The Kier molecular flexibility index (Phi) is 3.89. The van der Waals surface area contributed by atoms with Gasteiger partial charge in [0.15, 0.2) is 0 Å². The number of carbonyl (C=O) groups is 2. The summed E-state index contributed by atoms with van der Waals surface area (Å²) in [4.78, 5) is 23.2. The van der Waals surface area contributed by atoms with Crippen molar-refractivity contribution in [2.24, 2.45) is 0 Å². The van der Waals surface area contributed by atoms with E-state index < -0.39 is 0 Å². The van der Waals surface area contributed by atoms with Crippen molar-refractivity contribution in [3.8, 4) is 5.75 Å². The predicted octanol–water partition coefficient (Wildman–Crippen LogP) is 0.286. The number of ether oxygens (including phenoxy) is 1. The van der Waals surface area contributed by atoms with Gasteiger partial charge in [-0.2, -0.15) is 0 Å². The number of hydrogen-bond acceptors (Lipinski definition) is 4. The van der Waals surface area contributed by atoms with E-state index in [1.165, 1.54) is 7.11 Å². The van der Waals surface area contributed by atoms with Gasteiger partial charge < -0.3 is 21.1 Å². The summed E-state index contributed by atoms with van der Waals surface area (Å²) in [6.45, 7) is 0.460. The second-order valence-corrected chi connectivity index (χ2v) is 4.47. The molecule has 2 rings (SSSR count). The van der Waals surface area contributed by atoms with Crippen LogP contribution in [0.2, 0.25) is 0 Å². The van der Waals surface area contributed by atoms with Gasteiger partial charge in [-0.1, -0.05) is 0 Å². The molecule has 1 unspecified atom stereocenters. The van der Waals surface area contributed by atoms with Crippen LogP contribution in [-0.2, 0) is 4.79 Å². The van der Waals surface area contributed by atoms with Gasteiger partial charge in [0.25, 0.3) is 5.91 Å². The van der Waals surface area contributed by atoms with Gasteiger partial charge in [-0.15, -0.1) is 0 Å². The number of nitrogens with one attached hydrogen (secondary N) is 2. The maximum atomic E-state index is 12.1. The highest BCUT2D eigenvalue weighted by molar-refractivity contribution is 5.97. The van der Waals surface area contributed by atoms with Crippen molar-refractivity contribution < 1.29 is 14.3 Å². The van der Waals surface area contributed by atoms with E-state index in [4.69, 9.17) is 10.5 Å². The molecule has 1 atom stereocenters. The minimum absolute atomic E-state index is 0.0237. The van der Waals surface area contributed by atoms with Crippen LogP contribution in [0.1, 0.15) is 23.2 Å². The third kappa shape index (κ3) is 3.15. The molecule has 4 N–H and O–H groups in total. The van der Waals surface area contributed by atoms with Gasteiger partial charge in [0, 0.05) is 30.8 Å². The average molecular weight is 263 g/mol. The molecule has 0 bridgehead atoms. The van der Waals surface area contributed by atoms with E-state index in [1.807, 2.05) is 0 Å². The maximum absolute atomic E-state index is 12.1. The lowest BCUT2D eigenvalue weighted by atomic mass is 10.1. The lowest BCUT2D eigenvalue weighted by Gasteiger charge is -2.23. The monoisotopic (exact) mass is 263 g/mol. The number of hydrogen-bond donors (Lipinski definition) is 3. The molecule has 1 heterocycles. The van der Waals surface area contributed by atoms with Crippen LogP contribution in [0, 0.1) is 0 Å². The van der Waals surface area contributed by atoms with Gasteiger partial charge in [-0.05, 0) is 18.6 Å². The molecule has 1 aliphatic rings. The lowest BCUT2D eigenvalue weighted by Crippen LogP contribution is -2.47. The fourth-order valence-electron chi connectivity index (χ4n) is 2.01. The molecule has 1 aromatic carbocycles. The Bertz CT molecular complexity index is 492. The first kappa shape index (κ1) is 13.2. The summed E-state index contributed by atoms with van der Waals surface area (Å²) in [7, 11) is 1.49. The molecule has 1 aromatic rings. The topological polar surface area (TPSA) is 93.4 Å². The lowest BCUT2D eigenvalue weighted by molar-refractivity contribution is -0.122. The molecule has 19 heavy (non-hydrogen) atoms. The Morgan fingerprint density at radius 3 is 2.95 bits per heavy atom. The van der Waals surface area contributed by atoms with Crippen LogP contribution >= 0.6 is 0 Å². The van der Waals surface area contributed by atoms with Crippen molar-refractivity contribution in [1.29, 1.82) is 0 Å². The van der Waals surface area contributed by atoms with Gasteiger partial charge in [-0.25, -0.2) is 0 Å². The molecule has 2 amide bonds. The van der Waals surface area contributed by atoms with Gasteiger partial charge in [0.2, 0.25) is 5.91 Å². The molecule has 102 valence electrons. The van der Waals surface area contributed by atoms with Gasteiger partial charge in [-0.3, -0.25) is 9.59 Å². The fourth-order valence-corrected chi connectivity index (χ4v) is 2.01. The Morgan fingerprint density at radius 2 is 2.32 bits per heavy atom. The van der Waals surface area contributed by atoms with Gasteiger partial charge in [0.1, 0.15) is 5.75 Å². The number of piperidine rings is 1. The third-order valence-electron chi connectivity index (χ3n) is 3.07. The fraction of sp³-hybridized carbons (Fsp3) is 0.385. The van der Waals surface area contributed by atoms with Crippen molar-refractivity contribution in [1.82, 2.24) is 10.6 Å². The molecule has 1 fully saturated rings. The zero-order chi connectivity index (χ0) is 13.8. The highest BCUT2D eigenvalue weighted by Crippen LogP contribution is 2.21. The predicted molar refractivity (Wildman–Crippen MR) is 70.9 cm³/mol. The Balaban J connectivity index is 2.05. The van der Waals surface area contributed by atoms with E-state index in [1.54, 1.807) is 18.2 Å². The van der Waals surface area contributed by atoms with E-state index in [9.17, 15) is 9.59 Å². The first-order valence-corrected chi connectivity index (χ1v) is 6.11. The molecule has 0 saturated carbocycles.